The third-order valence-corrected chi connectivity index (χ3v) is 4.01. The molecule has 0 aromatic carbocycles. The average molecular weight is 226 g/mol. The van der Waals surface area contributed by atoms with Crippen LogP contribution in [-0.2, 0) is 4.79 Å². The van der Waals surface area contributed by atoms with Crippen LogP contribution in [-0.4, -0.2) is 28.7 Å². The van der Waals surface area contributed by atoms with Crippen LogP contribution in [0.15, 0.2) is 0 Å². The number of carbonyl (C=O) groups excluding carboxylic acids is 1. The van der Waals surface area contributed by atoms with Crippen LogP contribution in [0.2, 0.25) is 0 Å². The summed E-state index contributed by atoms with van der Waals surface area (Å²) in [4.78, 5) is 11.7. The van der Waals surface area contributed by atoms with Gasteiger partial charge in [0, 0.05) is 18.5 Å². The molecular formula is C12H22N2O2. The second-order valence-electron chi connectivity index (χ2n) is 5.60. The Hall–Kier alpha value is -0.610. The van der Waals surface area contributed by atoms with Gasteiger partial charge in [-0.25, -0.2) is 0 Å². The van der Waals surface area contributed by atoms with Gasteiger partial charge in [-0.15, -0.1) is 0 Å². The molecule has 92 valence electrons. The Balaban J connectivity index is 1.71. The van der Waals surface area contributed by atoms with Crippen molar-refractivity contribution in [1.29, 1.82) is 0 Å². The molecule has 2 saturated carbocycles. The first-order chi connectivity index (χ1) is 7.52. The number of hydrogen-bond acceptors (Lipinski definition) is 3. The minimum atomic E-state index is -0.632. The van der Waals surface area contributed by atoms with Gasteiger partial charge in [0.1, 0.15) is 0 Å². The van der Waals surface area contributed by atoms with E-state index in [4.69, 9.17) is 5.73 Å². The van der Waals surface area contributed by atoms with Crippen LogP contribution in [0.3, 0.4) is 0 Å². The molecule has 0 atom stereocenters. The highest BCUT2D eigenvalue weighted by Crippen LogP contribution is 2.32. The van der Waals surface area contributed by atoms with Crippen LogP contribution in [0.25, 0.3) is 0 Å². The number of rotatable bonds is 4. The fourth-order valence-corrected chi connectivity index (χ4v) is 2.66. The smallest absolute Gasteiger partial charge is 0.221 e. The molecule has 1 amide bonds. The number of hydrogen-bond donors (Lipinski definition) is 3. The van der Waals surface area contributed by atoms with E-state index in [2.05, 4.69) is 5.32 Å². The van der Waals surface area contributed by atoms with E-state index >= 15 is 0 Å². The van der Waals surface area contributed by atoms with Crippen molar-refractivity contribution in [3.05, 3.63) is 0 Å². The summed E-state index contributed by atoms with van der Waals surface area (Å²) in [5.41, 5.74) is 5.21. The summed E-state index contributed by atoms with van der Waals surface area (Å²) in [5, 5.41) is 12.6. The van der Waals surface area contributed by atoms with E-state index in [1.807, 2.05) is 0 Å². The summed E-state index contributed by atoms with van der Waals surface area (Å²) < 4.78 is 0. The first kappa shape index (κ1) is 11.9. The van der Waals surface area contributed by atoms with Crippen molar-refractivity contribution < 1.29 is 9.90 Å². The topological polar surface area (TPSA) is 75.4 Å². The van der Waals surface area contributed by atoms with Crippen molar-refractivity contribution >= 4 is 5.91 Å². The van der Waals surface area contributed by atoms with Gasteiger partial charge in [0.25, 0.3) is 0 Å². The molecule has 2 aliphatic carbocycles. The Morgan fingerprint density at radius 3 is 2.31 bits per heavy atom. The lowest BCUT2D eigenvalue weighted by atomic mass is 9.80. The Kier molecular flexibility index (Phi) is 3.22. The Labute approximate surface area is 96.6 Å². The van der Waals surface area contributed by atoms with E-state index in [0.717, 1.165) is 44.9 Å². The first-order valence-corrected chi connectivity index (χ1v) is 6.29. The maximum absolute atomic E-state index is 11.7. The molecule has 4 N–H and O–H groups in total. The number of amides is 1. The molecule has 4 heteroatoms. The summed E-state index contributed by atoms with van der Waals surface area (Å²) in [7, 11) is 0. The normalized spacial score (nSPS) is 26.1. The molecular weight excluding hydrogens is 204 g/mol. The zero-order valence-corrected chi connectivity index (χ0v) is 9.80. The van der Waals surface area contributed by atoms with Crippen molar-refractivity contribution in [2.75, 3.05) is 6.54 Å². The van der Waals surface area contributed by atoms with Gasteiger partial charge in [0.2, 0.25) is 5.91 Å². The van der Waals surface area contributed by atoms with Crippen LogP contribution in [0, 0.1) is 0 Å². The number of aliphatic hydroxyl groups is 1. The summed E-state index contributed by atoms with van der Waals surface area (Å²) in [6.45, 7) is 0.391. The van der Waals surface area contributed by atoms with Crippen LogP contribution < -0.4 is 11.1 Å². The van der Waals surface area contributed by atoms with E-state index in [9.17, 15) is 9.90 Å². The maximum atomic E-state index is 11.7. The predicted molar refractivity (Wildman–Crippen MR) is 61.8 cm³/mol. The van der Waals surface area contributed by atoms with Gasteiger partial charge in [-0.05, 0) is 32.1 Å². The highest BCUT2D eigenvalue weighted by Gasteiger charge is 2.36. The first-order valence-electron chi connectivity index (χ1n) is 6.29. The predicted octanol–water partition coefficient (Wildman–Crippen LogP) is 0.679. The molecule has 0 saturated heterocycles. The molecule has 4 nitrogen and oxygen atoms in total. The fraction of sp³-hybridized carbons (Fsp3) is 0.917. The fourth-order valence-electron chi connectivity index (χ4n) is 2.66. The third kappa shape index (κ3) is 2.74. The highest BCUT2D eigenvalue weighted by atomic mass is 16.3. The van der Waals surface area contributed by atoms with E-state index in [0.29, 0.717) is 13.0 Å². The lowest BCUT2D eigenvalue weighted by Crippen LogP contribution is -2.50. The summed E-state index contributed by atoms with van der Waals surface area (Å²) in [6, 6.07) is 0. The molecule has 0 bridgehead atoms. The van der Waals surface area contributed by atoms with Gasteiger partial charge in [-0.1, -0.05) is 12.8 Å². The third-order valence-electron chi connectivity index (χ3n) is 4.01. The van der Waals surface area contributed by atoms with E-state index < -0.39 is 5.60 Å². The van der Waals surface area contributed by atoms with Gasteiger partial charge < -0.3 is 16.2 Å². The molecule has 2 aliphatic rings. The maximum Gasteiger partial charge on any atom is 0.221 e. The average Bonchev–Trinajstić information content (AvgIpc) is 2.59. The minimum Gasteiger partial charge on any atom is -0.388 e. The molecule has 2 fully saturated rings. The van der Waals surface area contributed by atoms with Crippen LogP contribution in [0.5, 0.6) is 0 Å². The minimum absolute atomic E-state index is 0.00951. The lowest BCUT2D eigenvalue weighted by Gasteiger charge is -2.36. The molecule has 0 aromatic rings. The largest absolute Gasteiger partial charge is 0.388 e. The highest BCUT2D eigenvalue weighted by molar-refractivity contribution is 5.77. The van der Waals surface area contributed by atoms with Gasteiger partial charge in [0.05, 0.1) is 5.60 Å². The van der Waals surface area contributed by atoms with Crippen molar-refractivity contribution in [2.45, 2.75) is 62.5 Å². The van der Waals surface area contributed by atoms with Crippen LogP contribution in [0.4, 0.5) is 0 Å². The Bertz CT molecular complexity index is 268. The monoisotopic (exact) mass is 226 g/mol. The van der Waals surface area contributed by atoms with Crippen LogP contribution in [0.1, 0.15) is 51.4 Å². The van der Waals surface area contributed by atoms with Gasteiger partial charge in [0.15, 0.2) is 0 Å². The standard InChI is InChI=1S/C12H22N2O2/c13-11(4-1-2-5-11)8-10(15)14-9-12(16)6-3-7-12/h16H,1-9,13H2,(H,14,15). The molecule has 0 spiro atoms. The van der Waals surface area contributed by atoms with Crippen molar-refractivity contribution in [2.24, 2.45) is 5.73 Å². The van der Waals surface area contributed by atoms with Crippen molar-refractivity contribution in [1.82, 2.24) is 5.32 Å². The second kappa shape index (κ2) is 4.34. The zero-order chi connectivity index (χ0) is 11.6. The second-order valence-corrected chi connectivity index (χ2v) is 5.60. The number of carbonyl (C=O) groups is 1. The van der Waals surface area contributed by atoms with Gasteiger partial charge >= 0.3 is 0 Å². The molecule has 16 heavy (non-hydrogen) atoms. The summed E-state index contributed by atoms with van der Waals surface area (Å²) in [6.07, 6.45) is 7.25. The lowest BCUT2D eigenvalue weighted by molar-refractivity contribution is -0.124. The Morgan fingerprint density at radius 1 is 1.19 bits per heavy atom. The van der Waals surface area contributed by atoms with E-state index in [1.54, 1.807) is 0 Å². The van der Waals surface area contributed by atoms with Gasteiger partial charge in [-0.2, -0.15) is 0 Å². The van der Waals surface area contributed by atoms with Gasteiger partial charge in [-0.3, -0.25) is 4.79 Å². The zero-order valence-electron chi connectivity index (χ0n) is 9.80. The molecule has 0 unspecified atom stereocenters. The molecule has 0 radical (unpaired) electrons. The molecule has 2 rings (SSSR count). The van der Waals surface area contributed by atoms with E-state index in [-0.39, 0.29) is 11.4 Å². The summed E-state index contributed by atoms with van der Waals surface area (Å²) in [5.74, 6) is -0.00951. The number of nitrogens with two attached hydrogens (primary N) is 1. The SMILES string of the molecule is NC1(CC(=O)NCC2(O)CCC2)CCCC1. The molecule has 0 aromatic heterocycles. The van der Waals surface area contributed by atoms with E-state index in [1.165, 1.54) is 0 Å². The molecule has 0 aliphatic heterocycles. The molecule has 0 heterocycles. The Morgan fingerprint density at radius 2 is 1.81 bits per heavy atom. The summed E-state index contributed by atoms with van der Waals surface area (Å²) >= 11 is 0. The quantitative estimate of drug-likeness (QED) is 0.660. The van der Waals surface area contributed by atoms with Crippen molar-refractivity contribution in [3.63, 3.8) is 0 Å². The number of nitrogens with one attached hydrogen (secondary N) is 1. The van der Waals surface area contributed by atoms with Crippen molar-refractivity contribution in [3.8, 4) is 0 Å². The van der Waals surface area contributed by atoms with Crippen LogP contribution >= 0.6 is 0 Å².